The molecule has 0 atom stereocenters. The molecule has 33 heavy (non-hydrogen) atoms. The summed E-state index contributed by atoms with van der Waals surface area (Å²) in [5, 5.41) is 12.9. The van der Waals surface area contributed by atoms with Gasteiger partial charge in [0.05, 0.1) is 21.9 Å². The Morgan fingerprint density at radius 2 is 1.91 bits per heavy atom. The Labute approximate surface area is 207 Å². The molecule has 1 saturated carbocycles. The molecule has 1 amide bonds. The molecule has 172 valence electrons. The summed E-state index contributed by atoms with van der Waals surface area (Å²) in [6.45, 7) is 4.37. The summed E-state index contributed by atoms with van der Waals surface area (Å²) in [5.41, 5.74) is 1.51. The van der Waals surface area contributed by atoms with E-state index in [0.29, 0.717) is 33.5 Å². The van der Waals surface area contributed by atoms with Gasteiger partial charge in [0.1, 0.15) is 5.75 Å². The molecule has 0 spiro atoms. The molecule has 0 saturated heterocycles. The number of benzene rings is 2. The van der Waals surface area contributed by atoms with Crippen LogP contribution < -0.4 is 10.1 Å². The Bertz CT molecular complexity index is 1130. The molecule has 1 heterocycles. The van der Waals surface area contributed by atoms with Gasteiger partial charge in [-0.2, -0.15) is 0 Å². The Morgan fingerprint density at radius 3 is 2.61 bits per heavy atom. The third-order valence-corrected chi connectivity index (χ3v) is 6.99. The predicted molar refractivity (Wildman–Crippen MR) is 134 cm³/mol. The number of nitrogens with zero attached hydrogens (tertiary/aromatic N) is 3. The number of allylic oxidation sites excluding steroid dienone is 1. The van der Waals surface area contributed by atoms with E-state index in [4.69, 9.17) is 27.9 Å². The maximum absolute atomic E-state index is 12.4. The van der Waals surface area contributed by atoms with Crippen molar-refractivity contribution in [2.45, 2.75) is 43.5 Å². The summed E-state index contributed by atoms with van der Waals surface area (Å²) in [7, 11) is 0. The van der Waals surface area contributed by atoms with E-state index in [2.05, 4.69) is 22.1 Å². The molecule has 4 rings (SSSR count). The van der Waals surface area contributed by atoms with E-state index in [9.17, 15) is 4.79 Å². The number of halogens is 2. The highest BCUT2D eigenvalue weighted by Crippen LogP contribution is 2.29. The second-order valence-electron chi connectivity index (χ2n) is 7.72. The SMILES string of the molecule is C=CCn1c(SCC(=O)Nc2ccc(Cl)c(Cl)c2)nnc1-c1ccc(OC2CCCC2)cc1. The van der Waals surface area contributed by atoms with Gasteiger partial charge >= 0.3 is 0 Å². The summed E-state index contributed by atoms with van der Waals surface area (Å²) >= 11 is 13.2. The van der Waals surface area contributed by atoms with E-state index in [1.807, 2.05) is 28.8 Å². The van der Waals surface area contributed by atoms with Crippen LogP contribution in [0.3, 0.4) is 0 Å². The first-order valence-corrected chi connectivity index (χ1v) is 12.5. The summed E-state index contributed by atoms with van der Waals surface area (Å²) in [5.74, 6) is 1.58. The minimum Gasteiger partial charge on any atom is -0.490 e. The van der Waals surface area contributed by atoms with Crippen LogP contribution in [0, 0.1) is 0 Å². The molecule has 0 radical (unpaired) electrons. The first-order valence-electron chi connectivity index (χ1n) is 10.7. The Balaban J connectivity index is 1.42. The van der Waals surface area contributed by atoms with E-state index in [0.717, 1.165) is 30.0 Å². The van der Waals surface area contributed by atoms with Gasteiger partial charge in [0, 0.05) is 17.8 Å². The highest BCUT2D eigenvalue weighted by atomic mass is 35.5. The van der Waals surface area contributed by atoms with Gasteiger partial charge in [-0.15, -0.1) is 16.8 Å². The molecule has 0 unspecified atom stereocenters. The van der Waals surface area contributed by atoms with Crippen LogP contribution in [-0.4, -0.2) is 32.5 Å². The molecule has 1 fully saturated rings. The third kappa shape index (κ3) is 6.10. The van der Waals surface area contributed by atoms with E-state index < -0.39 is 0 Å². The average Bonchev–Trinajstić information content (AvgIpc) is 3.46. The standard InChI is InChI=1S/C24H24Cl2N4O2S/c1-2-13-30-23(16-7-10-19(11-8-16)32-18-5-3-4-6-18)28-29-24(30)33-15-22(31)27-17-9-12-20(25)21(26)14-17/h2,7-12,14,18H,1,3-6,13,15H2,(H,27,31). The highest BCUT2D eigenvalue weighted by molar-refractivity contribution is 7.99. The fourth-order valence-electron chi connectivity index (χ4n) is 3.68. The Morgan fingerprint density at radius 1 is 1.15 bits per heavy atom. The van der Waals surface area contributed by atoms with Gasteiger partial charge in [-0.3, -0.25) is 9.36 Å². The summed E-state index contributed by atoms with van der Waals surface area (Å²) < 4.78 is 7.99. The maximum Gasteiger partial charge on any atom is 0.234 e. The topological polar surface area (TPSA) is 69.0 Å². The lowest BCUT2D eigenvalue weighted by molar-refractivity contribution is -0.113. The number of hydrogen-bond acceptors (Lipinski definition) is 5. The maximum atomic E-state index is 12.4. The van der Waals surface area contributed by atoms with Crippen LogP contribution in [0.2, 0.25) is 10.0 Å². The zero-order valence-electron chi connectivity index (χ0n) is 18.0. The normalized spacial score (nSPS) is 13.8. The van der Waals surface area contributed by atoms with Crippen LogP contribution >= 0.6 is 35.0 Å². The number of rotatable bonds is 9. The van der Waals surface area contributed by atoms with Gasteiger partial charge in [-0.25, -0.2) is 0 Å². The molecule has 1 N–H and O–H groups in total. The molecule has 1 aliphatic carbocycles. The molecule has 0 bridgehead atoms. The smallest absolute Gasteiger partial charge is 0.234 e. The highest BCUT2D eigenvalue weighted by Gasteiger charge is 2.18. The number of anilines is 1. The van der Waals surface area contributed by atoms with Crippen molar-refractivity contribution in [1.82, 2.24) is 14.8 Å². The molecule has 9 heteroatoms. The minimum atomic E-state index is -0.179. The lowest BCUT2D eigenvalue weighted by Gasteiger charge is -2.13. The van der Waals surface area contributed by atoms with E-state index in [1.54, 1.807) is 24.3 Å². The zero-order chi connectivity index (χ0) is 23.2. The number of nitrogens with one attached hydrogen (secondary N) is 1. The van der Waals surface area contributed by atoms with Gasteiger partial charge in [0.25, 0.3) is 0 Å². The lowest BCUT2D eigenvalue weighted by atomic mass is 10.2. The van der Waals surface area contributed by atoms with Gasteiger partial charge in [0.2, 0.25) is 5.91 Å². The number of hydrogen-bond donors (Lipinski definition) is 1. The van der Waals surface area contributed by atoms with Gasteiger partial charge < -0.3 is 10.1 Å². The van der Waals surface area contributed by atoms with Crippen molar-refractivity contribution in [1.29, 1.82) is 0 Å². The monoisotopic (exact) mass is 502 g/mol. The Hall–Kier alpha value is -2.48. The first-order chi connectivity index (χ1) is 16.0. The van der Waals surface area contributed by atoms with Gasteiger partial charge in [0.15, 0.2) is 11.0 Å². The van der Waals surface area contributed by atoms with Crippen LogP contribution in [0.1, 0.15) is 25.7 Å². The molecule has 1 aliphatic rings. The third-order valence-electron chi connectivity index (χ3n) is 5.28. The van der Waals surface area contributed by atoms with Crippen molar-refractivity contribution in [3.8, 4) is 17.1 Å². The molecule has 6 nitrogen and oxygen atoms in total. The summed E-state index contributed by atoms with van der Waals surface area (Å²) in [6, 6.07) is 12.9. The number of ether oxygens (including phenoxy) is 1. The minimum absolute atomic E-state index is 0.170. The van der Waals surface area contributed by atoms with Crippen LogP contribution in [0.25, 0.3) is 11.4 Å². The van der Waals surface area contributed by atoms with Crippen molar-refractivity contribution in [3.63, 3.8) is 0 Å². The number of thioether (sulfide) groups is 1. The Kier molecular flexibility index (Phi) is 7.96. The predicted octanol–water partition coefficient (Wildman–Crippen LogP) is 6.49. The molecule has 0 aliphatic heterocycles. The average molecular weight is 503 g/mol. The summed E-state index contributed by atoms with van der Waals surface area (Å²) in [6.07, 6.45) is 6.81. The molecule has 1 aromatic heterocycles. The number of carbonyl (C=O) groups excluding carboxylic acids is 1. The first kappa shape index (κ1) is 23.7. The van der Waals surface area contributed by atoms with Crippen molar-refractivity contribution in [2.24, 2.45) is 0 Å². The fraction of sp³-hybridized carbons (Fsp3) is 0.292. The van der Waals surface area contributed by atoms with E-state index >= 15 is 0 Å². The fourth-order valence-corrected chi connectivity index (χ4v) is 4.73. The largest absolute Gasteiger partial charge is 0.490 e. The number of carbonyl (C=O) groups is 1. The number of aromatic nitrogens is 3. The lowest BCUT2D eigenvalue weighted by Crippen LogP contribution is -2.14. The van der Waals surface area contributed by atoms with Crippen molar-refractivity contribution >= 4 is 46.6 Å². The molecular formula is C24H24Cl2N4O2S. The van der Waals surface area contributed by atoms with Crippen LogP contribution in [0.15, 0.2) is 60.3 Å². The summed E-state index contributed by atoms with van der Waals surface area (Å²) in [4.78, 5) is 12.4. The molecular weight excluding hydrogens is 479 g/mol. The van der Waals surface area contributed by atoms with Gasteiger partial charge in [-0.05, 0) is 68.1 Å². The zero-order valence-corrected chi connectivity index (χ0v) is 20.3. The van der Waals surface area contributed by atoms with Crippen LogP contribution in [-0.2, 0) is 11.3 Å². The van der Waals surface area contributed by atoms with Crippen molar-refractivity contribution in [3.05, 3.63) is 65.2 Å². The van der Waals surface area contributed by atoms with Crippen LogP contribution in [0.5, 0.6) is 5.75 Å². The quantitative estimate of drug-likeness (QED) is 0.267. The van der Waals surface area contributed by atoms with E-state index in [1.165, 1.54) is 24.6 Å². The van der Waals surface area contributed by atoms with Crippen molar-refractivity contribution in [2.75, 3.05) is 11.1 Å². The number of amides is 1. The molecule has 3 aromatic rings. The van der Waals surface area contributed by atoms with Crippen LogP contribution in [0.4, 0.5) is 5.69 Å². The van der Waals surface area contributed by atoms with Gasteiger partial charge in [-0.1, -0.05) is 41.0 Å². The van der Waals surface area contributed by atoms with Crippen molar-refractivity contribution < 1.29 is 9.53 Å². The second kappa shape index (κ2) is 11.1. The van der Waals surface area contributed by atoms with E-state index in [-0.39, 0.29) is 11.7 Å². The molecule has 2 aromatic carbocycles. The second-order valence-corrected chi connectivity index (χ2v) is 9.48.